The van der Waals surface area contributed by atoms with Gasteiger partial charge in [-0.1, -0.05) is 69.3 Å². The number of benzene rings is 3. The summed E-state index contributed by atoms with van der Waals surface area (Å²) in [5, 5.41) is 11.4. The molecule has 0 spiro atoms. The highest BCUT2D eigenvalue weighted by Crippen LogP contribution is 2.41. The summed E-state index contributed by atoms with van der Waals surface area (Å²) >= 11 is 0. The number of ketones is 1. The van der Waals surface area contributed by atoms with Crippen LogP contribution in [0.1, 0.15) is 67.1 Å². The van der Waals surface area contributed by atoms with Gasteiger partial charge in [0.1, 0.15) is 11.5 Å². The number of aliphatic hydroxyl groups excluding tert-OH is 1. The molecule has 3 aromatic rings. The Labute approximate surface area is 219 Å². The molecular formula is C32H35NO4. The van der Waals surface area contributed by atoms with Gasteiger partial charge < -0.3 is 14.7 Å². The van der Waals surface area contributed by atoms with Crippen LogP contribution in [0.2, 0.25) is 0 Å². The normalized spacial score (nSPS) is 17.4. The number of amides is 1. The third-order valence-electron chi connectivity index (χ3n) is 6.98. The molecule has 1 saturated heterocycles. The molecule has 5 heteroatoms. The van der Waals surface area contributed by atoms with Gasteiger partial charge in [-0.15, -0.1) is 0 Å². The Morgan fingerprint density at radius 2 is 1.65 bits per heavy atom. The molecule has 0 aliphatic carbocycles. The zero-order valence-corrected chi connectivity index (χ0v) is 22.5. The Balaban J connectivity index is 1.84. The number of aryl methyl sites for hydroxylation is 2. The third kappa shape index (κ3) is 5.31. The van der Waals surface area contributed by atoms with Crippen LogP contribution in [0.15, 0.2) is 72.3 Å². The second-order valence-electron chi connectivity index (χ2n) is 10.7. The fraction of sp³-hybridized carbons (Fsp3) is 0.312. The first-order chi connectivity index (χ1) is 17.5. The number of rotatable bonds is 6. The van der Waals surface area contributed by atoms with Gasteiger partial charge in [0.25, 0.3) is 11.7 Å². The molecule has 37 heavy (non-hydrogen) atoms. The van der Waals surface area contributed by atoms with E-state index < -0.39 is 17.7 Å². The van der Waals surface area contributed by atoms with Gasteiger partial charge in [-0.05, 0) is 72.2 Å². The number of nitrogens with zero attached hydrogens (tertiary/aromatic N) is 1. The van der Waals surface area contributed by atoms with Crippen molar-refractivity contribution < 1.29 is 19.4 Å². The van der Waals surface area contributed by atoms with E-state index in [4.69, 9.17) is 4.74 Å². The van der Waals surface area contributed by atoms with E-state index in [1.54, 1.807) is 11.0 Å². The van der Waals surface area contributed by atoms with Gasteiger partial charge in [0.15, 0.2) is 0 Å². The number of carbonyl (C=O) groups is 2. The SMILES string of the molecule is CCOc1cccc(CN2C(=O)C(=O)/C(=C(\O)c3ccc(C)c(C)c3)C2c2ccc(C(C)(C)C)cc2)c1. The highest BCUT2D eigenvalue weighted by atomic mass is 16.5. The molecule has 1 fully saturated rings. The number of Topliss-reactive ketones (excluding diaryl/α,β-unsaturated/α-hetero) is 1. The summed E-state index contributed by atoms with van der Waals surface area (Å²) in [6, 6.07) is 20.3. The van der Waals surface area contributed by atoms with Gasteiger partial charge in [-0.3, -0.25) is 9.59 Å². The van der Waals surface area contributed by atoms with Crippen LogP contribution in [0.5, 0.6) is 5.75 Å². The van der Waals surface area contributed by atoms with Gasteiger partial charge in [0.2, 0.25) is 0 Å². The predicted octanol–water partition coefficient (Wildman–Crippen LogP) is 6.62. The molecule has 0 saturated carbocycles. The molecule has 1 heterocycles. The molecule has 192 valence electrons. The van der Waals surface area contributed by atoms with Crippen LogP contribution < -0.4 is 4.74 Å². The standard InChI is InChI=1S/C32H35NO4/c1-7-37-26-10-8-9-22(18-26)19-33-28(23-13-15-25(16-14-23)32(4,5)6)27(30(35)31(33)36)29(34)24-12-11-20(2)21(3)17-24/h8-18,28,34H,7,19H2,1-6H3/b29-27-. The highest BCUT2D eigenvalue weighted by molar-refractivity contribution is 6.46. The second-order valence-corrected chi connectivity index (χ2v) is 10.7. The Hall–Kier alpha value is -3.86. The van der Waals surface area contributed by atoms with Gasteiger partial charge >= 0.3 is 0 Å². The average Bonchev–Trinajstić information content (AvgIpc) is 3.10. The topological polar surface area (TPSA) is 66.8 Å². The van der Waals surface area contributed by atoms with Crippen LogP contribution in [-0.2, 0) is 21.5 Å². The van der Waals surface area contributed by atoms with Crippen molar-refractivity contribution >= 4 is 17.4 Å². The van der Waals surface area contributed by atoms with Crippen LogP contribution in [0.25, 0.3) is 5.76 Å². The minimum atomic E-state index is -0.716. The summed E-state index contributed by atoms with van der Waals surface area (Å²) in [6.07, 6.45) is 0. The van der Waals surface area contributed by atoms with Crippen LogP contribution in [-0.4, -0.2) is 28.3 Å². The molecule has 0 bridgehead atoms. The smallest absolute Gasteiger partial charge is 0.295 e. The van der Waals surface area contributed by atoms with Crippen LogP contribution in [0.4, 0.5) is 0 Å². The van der Waals surface area contributed by atoms with E-state index in [-0.39, 0.29) is 23.3 Å². The summed E-state index contributed by atoms with van der Waals surface area (Å²) < 4.78 is 5.63. The van der Waals surface area contributed by atoms with Gasteiger partial charge in [-0.2, -0.15) is 0 Å². The Morgan fingerprint density at radius 1 is 0.946 bits per heavy atom. The van der Waals surface area contributed by atoms with Crippen molar-refractivity contribution in [3.63, 3.8) is 0 Å². The Morgan fingerprint density at radius 3 is 2.27 bits per heavy atom. The molecular weight excluding hydrogens is 462 g/mol. The lowest BCUT2D eigenvalue weighted by molar-refractivity contribution is -0.140. The number of aliphatic hydroxyl groups is 1. The summed E-state index contributed by atoms with van der Waals surface area (Å²) in [5.74, 6) is -0.756. The average molecular weight is 498 g/mol. The molecule has 1 amide bonds. The molecule has 0 aromatic heterocycles. The molecule has 1 unspecified atom stereocenters. The van der Waals surface area contributed by atoms with Crippen molar-refractivity contribution in [2.45, 2.75) is 59.5 Å². The Kier molecular flexibility index (Phi) is 7.26. The van der Waals surface area contributed by atoms with E-state index in [9.17, 15) is 14.7 Å². The molecule has 3 aromatic carbocycles. The number of hydrogen-bond acceptors (Lipinski definition) is 4. The lowest BCUT2D eigenvalue weighted by Gasteiger charge is -2.27. The van der Waals surface area contributed by atoms with E-state index in [1.165, 1.54) is 0 Å². The van der Waals surface area contributed by atoms with E-state index >= 15 is 0 Å². The second kappa shape index (κ2) is 10.3. The molecule has 5 nitrogen and oxygen atoms in total. The predicted molar refractivity (Wildman–Crippen MR) is 147 cm³/mol. The number of ether oxygens (including phenoxy) is 1. The molecule has 1 aliphatic rings. The van der Waals surface area contributed by atoms with E-state index in [2.05, 4.69) is 20.8 Å². The maximum absolute atomic E-state index is 13.4. The third-order valence-corrected chi connectivity index (χ3v) is 6.98. The maximum atomic E-state index is 13.4. The number of likely N-dealkylation sites (tertiary alicyclic amines) is 1. The quantitative estimate of drug-likeness (QED) is 0.236. The van der Waals surface area contributed by atoms with E-state index in [0.717, 1.165) is 27.8 Å². The van der Waals surface area contributed by atoms with E-state index in [0.29, 0.717) is 17.9 Å². The van der Waals surface area contributed by atoms with E-state index in [1.807, 2.05) is 81.4 Å². The van der Waals surface area contributed by atoms with Crippen LogP contribution >= 0.6 is 0 Å². The summed E-state index contributed by atoms with van der Waals surface area (Å²) in [7, 11) is 0. The van der Waals surface area contributed by atoms with Crippen molar-refractivity contribution in [1.29, 1.82) is 0 Å². The monoisotopic (exact) mass is 497 g/mol. The summed E-state index contributed by atoms with van der Waals surface area (Å²) in [4.78, 5) is 28.4. The fourth-order valence-electron chi connectivity index (χ4n) is 4.70. The molecule has 0 radical (unpaired) electrons. The van der Waals surface area contributed by atoms with Crippen molar-refractivity contribution in [2.75, 3.05) is 6.61 Å². The van der Waals surface area contributed by atoms with Gasteiger partial charge in [-0.25, -0.2) is 0 Å². The van der Waals surface area contributed by atoms with Crippen LogP contribution in [0, 0.1) is 13.8 Å². The van der Waals surface area contributed by atoms with Gasteiger partial charge in [0, 0.05) is 12.1 Å². The summed E-state index contributed by atoms with van der Waals surface area (Å²) in [6.45, 7) is 13.0. The Bertz CT molecular complexity index is 1360. The van der Waals surface area contributed by atoms with Crippen molar-refractivity contribution in [3.05, 3.63) is 106 Å². The summed E-state index contributed by atoms with van der Waals surface area (Å²) in [5.41, 5.74) is 5.44. The number of carbonyl (C=O) groups excluding carboxylic acids is 2. The van der Waals surface area contributed by atoms with Crippen LogP contribution in [0.3, 0.4) is 0 Å². The first-order valence-corrected chi connectivity index (χ1v) is 12.7. The molecule has 1 aliphatic heterocycles. The van der Waals surface area contributed by atoms with Crippen molar-refractivity contribution in [2.24, 2.45) is 0 Å². The minimum absolute atomic E-state index is 0.0422. The highest BCUT2D eigenvalue weighted by Gasteiger charge is 2.46. The maximum Gasteiger partial charge on any atom is 0.295 e. The number of hydrogen-bond donors (Lipinski definition) is 1. The molecule has 1 N–H and O–H groups in total. The molecule has 4 rings (SSSR count). The lowest BCUT2D eigenvalue weighted by atomic mass is 9.85. The fourth-order valence-corrected chi connectivity index (χ4v) is 4.70. The zero-order chi connectivity index (χ0) is 26.9. The zero-order valence-electron chi connectivity index (χ0n) is 22.5. The minimum Gasteiger partial charge on any atom is -0.507 e. The molecule has 1 atom stereocenters. The van der Waals surface area contributed by atoms with Gasteiger partial charge in [0.05, 0.1) is 18.2 Å². The lowest BCUT2D eigenvalue weighted by Crippen LogP contribution is -2.29. The van der Waals surface area contributed by atoms with Crippen molar-refractivity contribution in [1.82, 2.24) is 4.90 Å². The first kappa shape index (κ1) is 26.2. The largest absolute Gasteiger partial charge is 0.507 e. The van der Waals surface area contributed by atoms with Crippen molar-refractivity contribution in [3.8, 4) is 5.75 Å². The first-order valence-electron chi connectivity index (χ1n) is 12.7.